The third kappa shape index (κ3) is 3.79. The molecule has 2 nitrogen and oxygen atoms in total. The molecule has 0 spiro atoms. The summed E-state index contributed by atoms with van der Waals surface area (Å²) in [5.41, 5.74) is 1.76. The van der Waals surface area contributed by atoms with E-state index in [1.165, 1.54) is 41.3 Å². The fraction of sp³-hybridized carbons (Fsp3) is 0.812. The van der Waals surface area contributed by atoms with Crippen LogP contribution < -0.4 is 5.32 Å². The Morgan fingerprint density at radius 1 is 1.32 bits per heavy atom. The zero-order valence-corrected chi connectivity index (χ0v) is 13.7. The van der Waals surface area contributed by atoms with Crippen molar-refractivity contribution in [3.8, 4) is 0 Å². The highest BCUT2D eigenvalue weighted by Crippen LogP contribution is 2.43. The molecule has 0 aromatic carbocycles. The van der Waals surface area contributed by atoms with Crippen LogP contribution in [0.3, 0.4) is 0 Å². The first-order chi connectivity index (χ1) is 9.05. The molecule has 0 aliphatic heterocycles. The molecule has 2 rings (SSSR count). The molecule has 108 valence electrons. The van der Waals surface area contributed by atoms with Crippen LogP contribution in [-0.2, 0) is 12.8 Å². The Labute approximate surface area is 122 Å². The summed E-state index contributed by atoms with van der Waals surface area (Å²) in [4.78, 5) is 6.45. The minimum atomic E-state index is 0.383. The van der Waals surface area contributed by atoms with E-state index in [0.29, 0.717) is 11.5 Å². The maximum atomic E-state index is 4.92. The molecule has 3 heteroatoms. The van der Waals surface area contributed by atoms with Crippen molar-refractivity contribution in [2.24, 2.45) is 5.41 Å². The zero-order chi connectivity index (χ0) is 13.9. The molecular formula is C16H28N2S. The number of aromatic nitrogens is 1. The number of hydrogen-bond donors (Lipinski definition) is 1. The van der Waals surface area contributed by atoms with Gasteiger partial charge >= 0.3 is 0 Å². The molecular weight excluding hydrogens is 252 g/mol. The minimum Gasteiger partial charge on any atom is -0.309 e. The normalized spacial score (nSPS) is 21.4. The highest BCUT2D eigenvalue weighted by atomic mass is 32.1. The van der Waals surface area contributed by atoms with Crippen molar-refractivity contribution >= 4 is 11.3 Å². The number of rotatable bonds is 6. The lowest BCUT2D eigenvalue weighted by molar-refractivity contribution is 0.258. The summed E-state index contributed by atoms with van der Waals surface area (Å²) in [6, 6.07) is 0.534. The smallest absolute Gasteiger partial charge is 0.0931 e. The molecule has 1 aromatic rings. The van der Waals surface area contributed by atoms with Crippen molar-refractivity contribution in [1.82, 2.24) is 10.3 Å². The van der Waals surface area contributed by atoms with Gasteiger partial charge in [0.15, 0.2) is 0 Å². The second-order valence-electron chi connectivity index (χ2n) is 6.57. The molecule has 19 heavy (non-hydrogen) atoms. The minimum absolute atomic E-state index is 0.383. The van der Waals surface area contributed by atoms with Gasteiger partial charge in [0.05, 0.1) is 10.7 Å². The first-order valence-corrected chi connectivity index (χ1v) is 8.59. The van der Waals surface area contributed by atoms with E-state index < -0.39 is 0 Å². The lowest BCUT2D eigenvalue weighted by Gasteiger charge is -2.34. The fourth-order valence-corrected chi connectivity index (χ4v) is 4.10. The van der Waals surface area contributed by atoms with Crippen molar-refractivity contribution in [1.29, 1.82) is 0 Å². The van der Waals surface area contributed by atoms with Gasteiger partial charge in [-0.3, -0.25) is 0 Å². The van der Waals surface area contributed by atoms with Gasteiger partial charge in [-0.15, -0.1) is 11.3 Å². The van der Waals surface area contributed by atoms with Crippen molar-refractivity contribution in [3.05, 3.63) is 15.6 Å². The van der Waals surface area contributed by atoms with Gasteiger partial charge in [-0.2, -0.15) is 0 Å². The van der Waals surface area contributed by atoms with Crippen LogP contribution in [-0.4, -0.2) is 11.5 Å². The molecule has 0 saturated heterocycles. The fourth-order valence-electron chi connectivity index (χ4n) is 2.90. The maximum absolute atomic E-state index is 4.92. The molecule has 1 unspecified atom stereocenters. The van der Waals surface area contributed by atoms with Crippen LogP contribution in [0.15, 0.2) is 0 Å². The zero-order valence-electron chi connectivity index (χ0n) is 12.9. The number of hydrogen-bond acceptors (Lipinski definition) is 3. The van der Waals surface area contributed by atoms with Gasteiger partial charge in [0.2, 0.25) is 0 Å². The van der Waals surface area contributed by atoms with Gasteiger partial charge in [0.25, 0.3) is 0 Å². The van der Waals surface area contributed by atoms with Crippen LogP contribution in [0.25, 0.3) is 0 Å². The Kier molecular flexibility index (Phi) is 5.02. The highest BCUT2D eigenvalue weighted by molar-refractivity contribution is 7.11. The summed E-state index contributed by atoms with van der Waals surface area (Å²) < 4.78 is 0. The standard InChI is InChI=1S/C16H28N2S/c1-5-7-8-14-18-13-11-16(3,4)10-12(15(13)19-14)17-9-6-2/h12,17H,5-11H2,1-4H3. The molecule has 0 radical (unpaired) electrons. The van der Waals surface area contributed by atoms with Gasteiger partial charge in [-0.05, 0) is 44.1 Å². The van der Waals surface area contributed by atoms with Gasteiger partial charge in [0.1, 0.15) is 0 Å². The monoisotopic (exact) mass is 280 g/mol. The van der Waals surface area contributed by atoms with E-state index in [-0.39, 0.29) is 0 Å². The van der Waals surface area contributed by atoms with Crippen molar-refractivity contribution in [3.63, 3.8) is 0 Å². The van der Waals surface area contributed by atoms with Gasteiger partial charge in [-0.1, -0.05) is 34.1 Å². The van der Waals surface area contributed by atoms with Gasteiger partial charge in [-0.25, -0.2) is 4.98 Å². The average Bonchev–Trinajstić information content (AvgIpc) is 2.74. The van der Waals surface area contributed by atoms with Crippen LogP contribution in [0.2, 0.25) is 0 Å². The van der Waals surface area contributed by atoms with Crippen molar-refractivity contribution in [2.75, 3.05) is 6.54 Å². The van der Waals surface area contributed by atoms with Crippen LogP contribution in [0.1, 0.15) is 75.0 Å². The third-order valence-corrected chi connectivity index (χ3v) is 5.15. The van der Waals surface area contributed by atoms with E-state index in [0.717, 1.165) is 19.4 Å². The number of aryl methyl sites for hydroxylation is 1. The Morgan fingerprint density at radius 2 is 2.11 bits per heavy atom. The number of nitrogens with zero attached hydrogens (tertiary/aromatic N) is 1. The molecule has 1 aliphatic rings. The molecule has 1 aromatic heterocycles. The maximum Gasteiger partial charge on any atom is 0.0931 e. The molecule has 0 fully saturated rings. The highest BCUT2D eigenvalue weighted by Gasteiger charge is 2.34. The summed E-state index contributed by atoms with van der Waals surface area (Å²) in [7, 11) is 0. The molecule has 0 bridgehead atoms. The van der Waals surface area contributed by atoms with Gasteiger partial charge < -0.3 is 5.32 Å². The predicted molar refractivity (Wildman–Crippen MR) is 83.9 cm³/mol. The van der Waals surface area contributed by atoms with Crippen LogP contribution in [0.4, 0.5) is 0 Å². The Morgan fingerprint density at radius 3 is 2.79 bits per heavy atom. The summed E-state index contributed by atoms with van der Waals surface area (Å²) in [6.45, 7) is 10.4. The van der Waals surface area contributed by atoms with E-state index in [2.05, 4.69) is 33.0 Å². The predicted octanol–water partition coefficient (Wildman–Crippen LogP) is 4.50. The second kappa shape index (κ2) is 6.36. The van der Waals surface area contributed by atoms with E-state index in [1.807, 2.05) is 11.3 Å². The van der Waals surface area contributed by atoms with E-state index in [4.69, 9.17) is 4.98 Å². The van der Waals surface area contributed by atoms with E-state index in [9.17, 15) is 0 Å². The van der Waals surface area contributed by atoms with E-state index in [1.54, 1.807) is 0 Å². The molecule has 1 N–H and O–H groups in total. The lowest BCUT2D eigenvalue weighted by atomic mass is 9.76. The van der Waals surface area contributed by atoms with Crippen molar-refractivity contribution < 1.29 is 0 Å². The first kappa shape index (κ1) is 15.0. The molecule has 1 heterocycles. The molecule has 0 amide bonds. The third-order valence-electron chi connectivity index (χ3n) is 3.88. The summed E-state index contributed by atoms with van der Waals surface area (Å²) in [6.07, 6.45) is 7.28. The topological polar surface area (TPSA) is 24.9 Å². The number of unbranched alkanes of at least 4 members (excludes halogenated alkanes) is 1. The average molecular weight is 280 g/mol. The van der Waals surface area contributed by atoms with Gasteiger partial charge in [0, 0.05) is 10.9 Å². The number of nitrogens with one attached hydrogen (secondary N) is 1. The van der Waals surface area contributed by atoms with Crippen LogP contribution in [0, 0.1) is 5.41 Å². The SMILES string of the molecule is CCCCc1nc2c(s1)C(NCCC)CC(C)(C)C2. The molecule has 0 saturated carbocycles. The quantitative estimate of drug-likeness (QED) is 0.830. The number of fused-ring (bicyclic) bond motifs is 1. The molecule has 1 atom stereocenters. The lowest BCUT2D eigenvalue weighted by Crippen LogP contribution is -2.33. The summed E-state index contributed by atoms with van der Waals surface area (Å²) in [5.74, 6) is 0. The van der Waals surface area contributed by atoms with E-state index >= 15 is 0 Å². The van der Waals surface area contributed by atoms with Crippen molar-refractivity contribution in [2.45, 2.75) is 72.3 Å². The summed E-state index contributed by atoms with van der Waals surface area (Å²) >= 11 is 1.96. The van der Waals surface area contributed by atoms with Crippen LogP contribution in [0.5, 0.6) is 0 Å². The molecule has 1 aliphatic carbocycles. The number of thiazole rings is 1. The summed E-state index contributed by atoms with van der Waals surface area (Å²) in [5, 5.41) is 5.08. The Balaban J connectivity index is 2.17. The largest absolute Gasteiger partial charge is 0.309 e. The Hall–Kier alpha value is -0.410. The van der Waals surface area contributed by atoms with Crippen LogP contribution >= 0.6 is 11.3 Å². The Bertz CT molecular complexity index is 409. The first-order valence-electron chi connectivity index (χ1n) is 7.77. The second-order valence-corrected chi connectivity index (χ2v) is 7.69.